The van der Waals surface area contributed by atoms with Crippen LogP contribution < -0.4 is 11.1 Å². The standard InChI is InChI=1S/C13H18N2O6S/c1-9(21-22(2,18)19)11(12(14)16)15-13(17)20-8-10-6-4-3-5-7-10/h3-7,9,11H,8H2,1-2H3,(H2,14,16)(H,15,17). The molecule has 0 saturated heterocycles. The molecule has 2 atom stereocenters. The fourth-order valence-electron chi connectivity index (χ4n) is 1.64. The maximum atomic E-state index is 11.7. The Hall–Kier alpha value is -2.13. The van der Waals surface area contributed by atoms with Gasteiger partial charge < -0.3 is 15.8 Å². The molecule has 1 aromatic rings. The number of alkyl carbamates (subject to hydrolysis) is 1. The summed E-state index contributed by atoms with van der Waals surface area (Å²) in [7, 11) is -3.79. The maximum Gasteiger partial charge on any atom is 0.408 e. The van der Waals surface area contributed by atoms with Crippen molar-refractivity contribution in [1.82, 2.24) is 5.32 Å². The van der Waals surface area contributed by atoms with Gasteiger partial charge in [-0.05, 0) is 12.5 Å². The van der Waals surface area contributed by atoms with Crippen molar-refractivity contribution in [3.63, 3.8) is 0 Å². The van der Waals surface area contributed by atoms with Crippen molar-refractivity contribution in [2.45, 2.75) is 25.7 Å². The number of amides is 2. The fraction of sp³-hybridized carbons (Fsp3) is 0.385. The van der Waals surface area contributed by atoms with E-state index in [-0.39, 0.29) is 6.61 Å². The van der Waals surface area contributed by atoms with Crippen LogP contribution in [0.25, 0.3) is 0 Å². The number of nitrogens with two attached hydrogens (primary N) is 1. The zero-order valence-corrected chi connectivity index (χ0v) is 13.0. The van der Waals surface area contributed by atoms with Crippen molar-refractivity contribution < 1.29 is 26.9 Å². The van der Waals surface area contributed by atoms with Crippen LogP contribution in [-0.2, 0) is 30.4 Å². The first-order valence-corrected chi connectivity index (χ1v) is 8.15. The van der Waals surface area contributed by atoms with E-state index < -0.39 is 34.3 Å². The van der Waals surface area contributed by atoms with Crippen LogP contribution in [0.3, 0.4) is 0 Å². The number of carbonyl (C=O) groups excluding carboxylic acids is 2. The number of benzene rings is 1. The first kappa shape index (κ1) is 17.9. The Kier molecular flexibility index (Phi) is 6.32. The van der Waals surface area contributed by atoms with E-state index in [1.807, 2.05) is 6.07 Å². The van der Waals surface area contributed by atoms with Gasteiger partial charge in [-0.15, -0.1) is 0 Å². The summed E-state index contributed by atoms with van der Waals surface area (Å²) in [5.74, 6) is -0.937. The number of nitrogens with one attached hydrogen (secondary N) is 1. The molecule has 3 N–H and O–H groups in total. The third kappa shape index (κ3) is 6.55. The van der Waals surface area contributed by atoms with Gasteiger partial charge in [-0.2, -0.15) is 8.42 Å². The summed E-state index contributed by atoms with van der Waals surface area (Å²) in [6.07, 6.45) is -1.23. The van der Waals surface area contributed by atoms with E-state index in [0.29, 0.717) is 0 Å². The average molecular weight is 330 g/mol. The molecule has 8 nitrogen and oxygen atoms in total. The van der Waals surface area contributed by atoms with Gasteiger partial charge in [0.1, 0.15) is 18.8 Å². The molecule has 9 heteroatoms. The molecule has 0 spiro atoms. The molecule has 0 aliphatic rings. The number of hydrogen-bond donors (Lipinski definition) is 2. The summed E-state index contributed by atoms with van der Waals surface area (Å²) in [4.78, 5) is 23.0. The minimum Gasteiger partial charge on any atom is -0.445 e. The van der Waals surface area contributed by atoms with Crippen LogP contribution in [0.5, 0.6) is 0 Å². The monoisotopic (exact) mass is 330 g/mol. The molecule has 1 rings (SSSR count). The lowest BCUT2D eigenvalue weighted by Gasteiger charge is -2.21. The van der Waals surface area contributed by atoms with E-state index in [1.165, 1.54) is 6.92 Å². The Labute approximate surface area is 128 Å². The van der Waals surface area contributed by atoms with Crippen LogP contribution in [0, 0.1) is 0 Å². The summed E-state index contributed by atoms with van der Waals surface area (Å²) in [5, 5.41) is 2.18. The van der Waals surface area contributed by atoms with Crippen LogP contribution in [-0.4, -0.2) is 38.8 Å². The first-order valence-electron chi connectivity index (χ1n) is 6.34. The zero-order valence-electron chi connectivity index (χ0n) is 12.2. The topological polar surface area (TPSA) is 125 Å². The highest BCUT2D eigenvalue weighted by atomic mass is 32.2. The minimum atomic E-state index is -3.79. The predicted molar refractivity (Wildman–Crippen MR) is 78.1 cm³/mol. The Balaban J connectivity index is 2.59. The van der Waals surface area contributed by atoms with Crippen LogP contribution in [0.15, 0.2) is 30.3 Å². The first-order chi connectivity index (χ1) is 10.2. The number of carbonyl (C=O) groups is 2. The summed E-state index contributed by atoms with van der Waals surface area (Å²) >= 11 is 0. The third-order valence-electron chi connectivity index (χ3n) is 2.59. The van der Waals surface area contributed by atoms with Crippen LogP contribution in [0.2, 0.25) is 0 Å². The Morgan fingerprint density at radius 2 is 1.86 bits per heavy atom. The van der Waals surface area contributed by atoms with Crippen molar-refractivity contribution >= 4 is 22.1 Å². The molecular formula is C13H18N2O6S. The maximum absolute atomic E-state index is 11.7. The highest BCUT2D eigenvalue weighted by molar-refractivity contribution is 7.86. The molecule has 0 bridgehead atoms. The highest BCUT2D eigenvalue weighted by Crippen LogP contribution is 2.05. The molecule has 1 aromatic carbocycles. The van der Waals surface area contributed by atoms with Gasteiger partial charge in [-0.25, -0.2) is 4.79 Å². The molecule has 0 saturated carbocycles. The molecule has 0 radical (unpaired) electrons. The molecule has 122 valence electrons. The Bertz CT molecular complexity index is 617. The number of ether oxygens (including phenoxy) is 1. The van der Waals surface area contributed by atoms with Crippen molar-refractivity contribution in [2.75, 3.05) is 6.26 Å². The fourth-order valence-corrected chi connectivity index (χ4v) is 2.31. The quantitative estimate of drug-likeness (QED) is 0.685. The predicted octanol–water partition coefficient (Wildman–Crippen LogP) is 0.131. The molecule has 0 aliphatic heterocycles. The second kappa shape index (κ2) is 7.76. The second-order valence-corrected chi connectivity index (χ2v) is 6.19. The van der Waals surface area contributed by atoms with Crippen LogP contribution >= 0.6 is 0 Å². The summed E-state index contributed by atoms with van der Waals surface area (Å²) < 4.78 is 31.6. The lowest BCUT2D eigenvalue weighted by molar-refractivity contribution is -0.121. The van der Waals surface area contributed by atoms with Gasteiger partial charge in [0.2, 0.25) is 5.91 Å². The third-order valence-corrected chi connectivity index (χ3v) is 3.24. The minimum absolute atomic E-state index is 0.000526. The average Bonchev–Trinajstić information content (AvgIpc) is 2.41. The van der Waals surface area contributed by atoms with E-state index in [9.17, 15) is 18.0 Å². The second-order valence-electron chi connectivity index (χ2n) is 4.59. The van der Waals surface area contributed by atoms with Gasteiger partial charge in [0.15, 0.2) is 0 Å². The summed E-state index contributed by atoms with van der Waals surface area (Å²) in [6.45, 7) is 1.30. The van der Waals surface area contributed by atoms with Crippen LogP contribution in [0.4, 0.5) is 4.79 Å². The van der Waals surface area contributed by atoms with Gasteiger partial charge >= 0.3 is 6.09 Å². The molecule has 0 fully saturated rings. The Morgan fingerprint density at radius 1 is 1.27 bits per heavy atom. The van der Waals surface area contributed by atoms with E-state index >= 15 is 0 Å². The number of hydrogen-bond acceptors (Lipinski definition) is 6. The van der Waals surface area contributed by atoms with Crippen molar-refractivity contribution in [2.24, 2.45) is 5.73 Å². The molecular weight excluding hydrogens is 312 g/mol. The lowest BCUT2D eigenvalue weighted by atomic mass is 10.2. The van der Waals surface area contributed by atoms with Gasteiger partial charge in [0, 0.05) is 0 Å². The van der Waals surface area contributed by atoms with Crippen molar-refractivity contribution in [1.29, 1.82) is 0 Å². The van der Waals surface area contributed by atoms with E-state index in [1.54, 1.807) is 24.3 Å². The van der Waals surface area contributed by atoms with Crippen LogP contribution in [0.1, 0.15) is 12.5 Å². The van der Waals surface area contributed by atoms with E-state index in [0.717, 1.165) is 11.8 Å². The van der Waals surface area contributed by atoms with E-state index in [2.05, 4.69) is 9.50 Å². The smallest absolute Gasteiger partial charge is 0.408 e. The molecule has 2 unspecified atom stereocenters. The molecule has 22 heavy (non-hydrogen) atoms. The van der Waals surface area contributed by atoms with E-state index in [4.69, 9.17) is 10.5 Å². The summed E-state index contributed by atoms with van der Waals surface area (Å²) in [5.41, 5.74) is 5.89. The molecule has 2 amide bonds. The SMILES string of the molecule is CC(OS(C)(=O)=O)C(NC(=O)OCc1ccccc1)C(N)=O. The van der Waals surface area contributed by atoms with Crippen molar-refractivity contribution in [3.8, 4) is 0 Å². The van der Waals surface area contributed by atoms with Gasteiger partial charge in [0.05, 0.1) is 6.26 Å². The zero-order chi connectivity index (χ0) is 16.8. The number of primary amides is 1. The summed E-state index contributed by atoms with van der Waals surface area (Å²) in [6, 6.07) is 7.56. The van der Waals surface area contributed by atoms with Gasteiger partial charge in [0.25, 0.3) is 10.1 Å². The van der Waals surface area contributed by atoms with Gasteiger partial charge in [-0.3, -0.25) is 8.98 Å². The van der Waals surface area contributed by atoms with Gasteiger partial charge in [-0.1, -0.05) is 30.3 Å². The molecule has 0 aromatic heterocycles. The highest BCUT2D eigenvalue weighted by Gasteiger charge is 2.28. The largest absolute Gasteiger partial charge is 0.445 e. The molecule has 0 heterocycles. The van der Waals surface area contributed by atoms with Crippen molar-refractivity contribution in [3.05, 3.63) is 35.9 Å². The lowest BCUT2D eigenvalue weighted by Crippen LogP contribution is -2.52. The normalized spacial score (nSPS) is 13.9. The number of rotatable bonds is 7. The molecule has 0 aliphatic carbocycles. The Morgan fingerprint density at radius 3 is 2.36 bits per heavy atom.